The Morgan fingerprint density at radius 3 is 1.68 bits per heavy atom. The summed E-state index contributed by atoms with van der Waals surface area (Å²) in [6, 6.07) is 51.9. The van der Waals surface area contributed by atoms with Crippen molar-refractivity contribution in [3.05, 3.63) is 218 Å². The molecular weight excluding hydrogens is 775 g/mol. The Hall–Kier alpha value is -7.41. The number of allylic oxidation sites excluding steroid dienone is 7. The van der Waals surface area contributed by atoms with Gasteiger partial charge in [-0.3, -0.25) is 19.9 Å². The van der Waals surface area contributed by atoms with E-state index in [1.54, 1.807) is 0 Å². The molecule has 0 amide bonds. The van der Waals surface area contributed by atoms with Crippen molar-refractivity contribution < 1.29 is 0 Å². The lowest BCUT2D eigenvalue weighted by Gasteiger charge is -2.21. The quantitative estimate of drug-likeness (QED) is 0.160. The number of hydrogen-bond donors (Lipinski definition) is 0. The van der Waals surface area contributed by atoms with Gasteiger partial charge in [-0.1, -0.05) is 85.0 Å². The minimum atomic E-state index is 0.185. The molecule has 0 spiro atoms. The van der Waals surface area contributed by atoms with E-state index in [1.807, 2.05) is 60.8 Å². The number of pyridine rings is 4. The van der Waals surface area contributed by atoms with Crippen molar-refractivity contribution in [2.75, 3.05) is 0 Å². The number of aromatic nitrogens is 5. The first-order chi connectivity index (χ1) is 30.7. The summed E-state index contributed by atoms with van der Waals surface area (Å²) in [6.07, 6.45) is 21.5. The molecule has 2 aliphatic carbocycles. The maximum atomic E-state index is 4.82. The van der Waals surface area contributed by atoms with Gasteiger partial charge in [0.25, 0.3) is 0 Å². The monoisotopic (exact) mass is 813 g/mol. The molecule has 12 rings (SSSR count). The zero-order chi connectivity index (χ0) is 41.0. The smallest absolute Gasteiger partial charge is 0.0709 e. The van der Waals surface area contributed by atoms with E-state index in [0.29, 0.717) is 0 Å². The summed E-state index contributed by atoms with van der Waals surface area (Å²) in [5.74, 6) is 0.185. The fourth-order valence-corrected chi connectivity index (χ4v) is 10.9. The summed E-state index contributed by atoms with van der Waals surface area (Å²) in [4.78, 5) is 20.4. The van der Waals surface area contributed by atoms with Crippen LogP contribution < -0.4 is 0 Å². The molecule has 2 atom stereocenters. The lowest BCUT2D eigenvalue weighted by Crippen LogP contribution is -2.11. The Morgan fingerprint density at radius 2 is 1.03 bits per heavy atom. The van der Waals surface area contributed by atoms with E-state index in [-0.39, 0.29) is 11.2 Å². The summed E-state index contributed by atoms with van der Waals surface area (Å²) >= 11 is 1.94. The average Bonchev–Trinajstić information content (AvgIpc) is 3.88. The molecule has 0 bridgehead atoms. The third-order valence-electron chi connectivity index (χ3n) is 12.4. The fourth-order valence-electron chi connectivity index (χ4n) is 9.58. The van der Waals surface area contributed by atoms with Crippen LogP contribution in [0, 0.1) is 0 Å². The highest BCUT2D eigenvalue weighted by Gasteiger charge is 2.35. The molecule has 4 aromatic carbocycles. The van der Waals surface area contributed by atoms with Gasteiger partial charge < -0.3 is 4.57 Å². The zero-order valence-electron chi connectivity index (χ0n) is 33.8. The molecule has 294 valence electrons. The van der Waals surface area contributed by atoms with Gasteiger partial charge in [-0.05, 0) is 132 Å². The van der Waals surface area contributed by atoms with Crippen LogP contribution in [-0.2, 0) is 0 Å². The molecule has 5 nitrogen and oxygen atoms in total. The molecule has 5 aromatic heterocycles. The molecule has 0 saturated carbocycles. The summed E-state index contributed by atoms with van der Waals surface area (Å²) in [5, 5.41) is 2.72. The van der Waals surface area contributed by atoms with Gasteiger partial charge in [0.05, 0.1) is 33.8 Å². The maximum absolute atomic E-state index is 4.82. The molecule has 0 N–H and O–H groups in total. The molecule has 0 fully saturated rings. The zero-order valence-corrected chi connectivity index (χ0v) is 34.6. The average molecular weight is 814 g/mol. The van der Waals surface area contributed by atoms with Crippen LogP contribution in [0.2, 0.25) is 0 Å². The summed E-state index contributed by atoms with van der Waals surface area (Å²) in [6.45, 7) is 0. The van der Waals surface area contributed by atoms with Gasteiger partial charge in [0.15, 0.2) is 0 Å². The van der Waals surface area contributed by atoms with Crippen LogP contribution in [0.5, 0.6) is 0 Å². The number of nitrogens with zero attached hydrogens (tertiary/aromatic N) is 5. The topological polar surface area (TPSA) is 56.5 Å². The van der Waals surface area contributed by atoms with E-state index < -0.39 is 0 Å². The summed E-state index contributed by atoms with van der Waals surface area (Å²) < 4.78 is 2.48. The van der Waals surface area contributed by atoms with Gasteiger partial charge in [-0.25, -0.2) is 0 Å². The normalized spacial score (nSPS) is 16.7. The largest absolute Gasteiger partial charge is 0.310 e. The minimum absolute atomic E-state index is 0.185. The molecule has 2 unspecified atom stereocenters. The maximum Gasteiger partial charge on any atom is 0.0709 e. The summed E-state index contributed by atoms with van der Waals surface area (Å²) in [5.41, 5.74) is 18.0. The predicted molar refractivity (Wildman–Crippen MR) is 256 cm³/mol. The molecule has 9 aromatic rings. The van der Waals surface area contributed by atoms with Crippen LogP contribution in [0.4, 0.5) is 0 Å². The standard InChI is InChI=1S/C56H39N5S/c1-3-15-41(49-17-5-9-27-57-49)39(13-1)36-21-24-53-45(31-36)46-32-37(40-14-2-4-16-42(40)50-18-6-10-28-58-50)22-25-54(46)61(53)38-23-26-55-47(33-38)48-34-43(51-19-7-11-29-59-51)44(35-56(48)62-55)52-20-8-12-30-60-52/h1,3,5-35,47,55H,2,4H2. The van der Waals surface area contributed by atoms with Gasteiger partial charge in [-0.15, -0.1) is 11.8 Å². The second kappa shape index (κ2) is 15.2. The molecule has 0 saturated heterocycles. The van der Waals surface area contributed by atoms with E-state index in [2.05, 4.69) is 156 Å². The highest BCUT2D eigenvalue weighted by molar-refractivity contribution is 8.00. The Morgan fingerprint density at radius 1 is 0.484 bits per heavy atom. The minimum Gasteiger partial charge on any atom is -0.310 e. The first-order valence-corrected chi connectivity index (χ1v) is 22.1. The third kappa shape index (κ3) is 6.26. The molecular formula is C56H39N5S. The Kier molecular flexibility index (Phi) is 8.96. The Labute approximate surface area is 364 Å². The van der Waals surface area contributed by atoms with E-state index in [4.69, 9.17) is 19.9 Å². The van der Waals surface area contributed by atoms with E-state index in [0.717, 1.165) is 63.4 Å². The number of thioether (sulfide) groups is 1. The Balaban J connectivity index is 1.03. The molecule has 3 aliphatic rings. The van der Waals surface area contributed by atoms with E-state index in [1.165, 1.54) is 54.7 Å². The highest BCUT2D eigenvalue weighted by Crippen LogP contribution is 2.53. The second-order valence-electron chi connectivity index (χ2n) is 16.0. The second-order valence-corrected chi connectivity index (χ2v) is 17.2. The van der Waals surface area contributed by atoms with Crippen LogP contribution in [0.3, 0.4) is 0 Å². The van der Waals surface area contributed by atoms with E-state index >= 15 is 0 Å². The third-order valence-corrected chi connectivity index (χ3v) is 13.8. The first kappa shape index (κ1) is 36.4. The lowest BCUT2D eigenvalue weighted by atomic mass is 9.87. The molecule has 6 heteroatoms. The lowest BCUT2D eigenvalue weighted by molar-refractivity contribution is 0.876. The molecule has 62 heavy (non-hydrogen) atoms. The van der Waals surface area contributed by atoms with Crippen molar-refractivity contribution in [2.24, 2.45) is 0 Å². The van der Waals surface area contributed by atoms with Gasteiger partial charge >= 0.3 is 0 Å². The van der Waals surface area contributed by atoms with Crippen molar-refractivity contribution in [3.63, 3.8) is 0 Å². The van der Waals surface area contributed by atoms with Gasteiger partial charge in [0, 0.05) is 79.6 Å². The molecule has 0 radical (unpaired) electrons. The van der Waals surface area contributed by atoms with Crippen molar-refractivity contribution in [1.29, 1.82) is 0 Å². The highest BCUT2D eigenvalue weighted by atomic mass is 32.2. The van der Waals surface area contributed by atoms with Gasteiger partial charge in [-0.2, -0.15) is 0 Å². The SMILES string of the molecule is C1=CC2Sc3cc(-c4ccccn4)c(-c4ccccn4)cc3C2C=C1n1c2ccc(C3=CCCC=C3c3ccccn3)cc2c2cc(-c3ccccc3-c3ccccn3)ccc21. The van der Waals surface area contributed by atoms with Crippen LogP contribution in [0.25, 0.3) is 83.5 Å². The van der Waals surface area contributed by atoms with Crippen LogP contribution in [0.15, 0.2) is 206 Å². The van der Waals surface area contributed by atoms with Crippen LogP contribution in [-0.4, -0.2) is 29.8 Å². The van der Waals surface area contributed by atoms with E-state index in [9.17, 15) is 0 Å². The van der Waals surface area contributed by atoms with Crippen LogP contribution >= 0.6 is 11.8 Å². The summed E-state index contributed by atoms with van der Waals surface area (Å²) in [7, 11) is 0. The predicted octanol–water partition coefficient (Wildman–Crippen LogP) is 14.0. The van der Waals surface area contributed by atoms with Gasteiger partial charge in [0.2, 0.25) is 0 Å². The molecule has 6 heterocycles. The Bertz CT molecular complexity index is 3310. The first-order valence-electron chi connectivity index (χ1n) is 21.2. The van der Waals surface area contributed by atoms with Crippen LogP contribution in [0.1, 0.15) is 35.6 Å². The number of hydrogen-bond acceptors (Lipinski definition) is 5. The number of benzene rings is 4. The van der Waals surface area contributed by atoms with Crippen molar-refractivity contribution in [2.45, 2.75) is 28.9 Å². The molecule has 1 aliphatic heterocycles. The van der Waals surface area contributed by atoms with Gasteiger partial charge in [0.1, 0.15) is 0 Å². The van der Waals surface area contributed by atoms with Crippen molar-refractivity contribution in [3.8, 4) is 44.9 Å². The van der Waals surface area contributed by atoms with Crippen molar-refractivity contribution >= 4 is 50.4 Å². The number of rotatable bonds is 7. The number of fused-ring (bicyclic) bond motifs is 6. The fraction of sp³-hybridized carbons (Fsp3) is 0.0714. The van der Waals surface area contributed by atoms with Crippen molar-refractivity contribution in [1.82, 2.24) is 24.5 Å².